The van der Waals surface area contributed by atoms with Crippen LogP contribution in [0.1, 0.15) is 29.2 Å². The van der Waals surface area contributed by atoms with E-state index in [-0.39, 0.29) is 23.4 Å². The van der Waals surface area contributed by atoms with Gasteiger partial charge in [-0.3, -0.25) is 0 Å². The maximum atomic E-state index is 13.8. The minimum Gasteiger partial charge on any atom is -0.451 e. The van der Waals surface area contributed by atoms with E-state index >= 15 is 0 Å². The molecule has 2 aromatic carbocycles. The Hall–Kier alpha value is -3.32. The summed E-state index contributed by atoms with van der Waals surface area (Å²) in [4.78, 5) is 13.0. The SMILES string of the molecule is O=C(OC1C(n2cc(-c3cc(F)c(F)c(F)c3)nn2)C(O)C(CO)OC12CCCO2)c1ccccc1. The highest BCUT2D eigenvalue weighted by Crippen LogP contribution is 2.45. The van der Waals surface area contributed by atoms with Crippen LogP contribution in [0.15, 0.2) is 48.7 Å². The van der Waals surface area contributed by atoms with Gasteiger partial charge in [0.2, 0.25) is 5.79 Å². The van der Waals surface area contributed by atoms with E-state index in [1.807, 2.05) is 0 Å². The van der Waals surface area contributed by atoms with Crippen LogP contribution in [0.4, 0.5) is 13.2 Å². The number of rotatable bonds is 5. The van der Waals surface area contributed by atoms with Crippen molar-refractivity contribution >= 4 is 5.97 Å². The van der Waals surface area contributed by atoms with E-state index < -0.39 is 60.2 Å². The molecule has 1 aromatic heterocycles. The fourth-order valence-corrected chi connectivity index (χ4v) is 4.62. The Morgan fingerprint density at radius 3 is 2.56 bits per heavy atom. The summed E-state index contributed by atoms with van der Waals surface area (Å²) in [6, 6.07) is 8.54. The number of carbonyl (C=O) groups excluding carboxylic acids is 1. The molecule has 1 spiro atoms. The molecule has 5 atom stereocenters. The van der Waals surface area contributed by atoms with Crippen molar-refractivity contribution in [3.63, 3.8) is 0 Å². The van der Waals surface area contributed by atoms with Crippen molar-refractivity contribution in [1.82, 2.24) is 15.0 Å². The number of hydrogen-bond donors (Lipinski definition) is 2. The van der Waals surface area contributed by atoms with E-state index in [4.69, 9.17) is 14.2 Å². The number of hydrogen-bond acceptors (Lipinski definition) is 8. The lowest BCUT2D eigenvalue weighted by Crippen LogP contribution is -2.63. The molecule has 2 fully saturated rings. The third-order valence-electron chi connectivity index (χ3n) is 6.36. The normalized spacial score (nSPS) is 27.9. The number of aromatic nitrogens is 3. The van der Waals surface area contributed by atoms with Gasteiger partial charge in [0, 0.05) is 12.0 Å². The molecule has 190 valence electrons. The third-order valence-corrected chi connectivity index (χ3v) is 6.36. The molecule has 3 aromatic rings. The topological polar surface area (TPSA) is 116 Å². The molecule has 0 saturated carbocycles. The fourth-order valence-electron chi connectivity index (χ4n) is 4.62. The molecule has 2 aliphatic heterocycles. The standard InChI is InChI=1S/C24H22F3N3O6/c25-15-9-14(10-16(26)19(15)27)17-11-30(29-28-17)20-21(32)18(12-31)36-24(7-4-8-34-24)22(20)35-23(33)13-5-2-1-3-6-13/h1-3,5-6,9-11,18,20-22,31-32H,4,7-8,12H2. The molecule has 9 nitrogen and oxygen atoms in total. The largest absolute Gasteiger partial charge is 0.451 e. The highest BCUT2D eigenvalue weighted by Gasteiger charge is 2.59. The summed E-state index contributed by atoms with van der Waals surface area (Å²) in [5, 5.41) is 28.9. The number of esters is 1. The van der Waals surface area contributed by atoms with Crippen molar-refractivity contribution in [3.05, 3.63) is 71.7 Å². The average molecular weight is 505 g/mol. The zero-order valence-electron chi connectivity index (χ0n) is 18.8. The van der Waals surface area contributed by atoms with Gasteiger partial charge in [-0.2, -0.15) is 0 Å². The minimum atomic E-state index is -1.62. The molecule has 12 heteroatoms. The van der Waals surface area contributed by atoms with E-state index in [1.165, 1.54) is 6.20 Å². The van der Waals surface area contributed by atoms with Crippen molar-refractivity contribution in [1.29, 1.82) is 0 Å². The lowest BCUT2D eigenvalue weighted by atomic mass is 9.88. The zero-order valence-corrected chi connectivity index (χ0v) is 18.8. The van der Waals surface area contributed by atoms with E-state index in [1.54, 1.807) is 30.3 Å². The maximum Gasteiger partial charge on any atom is 0.338 e. The first-order chi connectivity index (χ1) is 17.3. The predicted octanol–water partition coefficient (Wildman–Crippen LogP) is 2.39. The Kier molecular flexibility index (Phi) is 6.51. The van der Waals surface area contributed by atoms with Gasteiger partial charge >= 0.3 is 5.97 Å². The summed E-state index contributed by atoms with van der Waals surface area (Å²) >= 11 is 0. The lowest BCUT2D eigenvalue weighted by Gasteiger charge is -2.48. The van der Waals surface area contributed by atoms with Gasteiger partial charge in [0.05, 0.1) is 25.0 Å². The average Bonchev–Trinajstić information content (AvgIpc) is 3.56. The fraction of sp³-hybridized carbons (Fsp3) is 0.375. The van der Waals surface area contributed by atoms with Crippen LogP contribution in [0.2, 0.25) is 0 Å². The van der Waals surface area contributed by atoms with Gasteiger partial charge in [-0.25, -0.2) is 22.6 Å². The number of halogens is 3. The number of aliphatic hydroxyl groups excluding tert-OH is 2. The Bertz CT molecular complexity index is 1230. The van der Waals surface area contributed by atoms with Crippen LogP contribution in [-0.4, -0.2) is 68.5 Å². The molecule has 0 bridgehead atoms. The van der Waals surface area contributed by atoms with Crippen LogP contribution < -0.4 is 0 Å². The monoisotopic (exact) mass is 505 g/mol. The van der Waals surface area contributed by atoms with Crippen LogP contribution in [0.25, 0.3) is 11.3 Å². The Balaban J connectivity index is 1.55. The minimum absolute atomic E-state index is 0.0263. The summed E-state index contributed by atoms with van der Waals surface area (Å²) in [6.07, 6.45) is -1.65. The van der Waals surface area contributed by atoms with Crippen LogP contribution in [0, 0.1) is 17.5 Å². The molecule has 36 heavy (non-hydrogen) atoms. The van der Waals surface area contributed by atoms with Gasteiger partial charge in [0.15, 0.2) is 23.6 Å². The second kappa shape index (κ2) is 9.62. The Labute approximate surface area is 203 Å². The number of ether oxygens (including phenoxy) is 3. The highest BCUT2D eigenvalue weighted by molar-refractivity contribution is 5.89. The summed E-state index contributed by atoms with van der Waals surface area (Å²) in [7, 11) is 0. The van der Waals surface area contributed by atoms with Gasteiger partial charge in [0.25, 0.3) is 0 Å². The molecular weight excluding hydrogens is 483 g/mol. The molecule has 2 saturated heterocycles. The second-order valence-electron chi connectivity index (χ2n) is 8.61. The van der Waals surface area contributed by atoms with Crippen molar-refractivity contribution in [2.24, 2.45) is 0 Å². The Morgan fingerprint density at radius 1 is 1.19 bits per heavy atom. The van der Waals surface area contributed by atoms with Crippen molar-refractivity contribution in [3.8, 4) is 11.3 Å². The predicted molar refractivity (Wildman–Crippen MR) is 116 cm³/mol. The Morgan fingerprint density at radius 2 is 1.92 bits per heavy atom. The molecule has 0 radical (unpaired) electrons. The first-order valence-electron chi connectivity index (χ1n) is 11.3. The van der Waals surface area contributed by atoms with E-state index in [0.29, 0.717) is 12.8 Å². The van der Waals surface area contributed by atoms with Crippen molar-refractivity contribution in [2.75, 3.05) is 13.2 Å². The smallest absolute Gasteiger partial charge is 0.338 e. The van der Waals surface area contributed by atoms with Gasteiger partial charge < -0.3 is 24.4 Å². The van der Waals surface area contributed by atoms with Crippen LogP contribution >= 0.6 is 0 Å². The first-order valence-corrected chi connectivity index (χ1v) is 11.3. The van der Waals surface area contributed by atoms with E-state index in [2.05, 4.69) is 10.3 Å². The van der Waals surface area contributed by atoms with Gasteiger partial charge in [0.1, 0.15) is 23.9 Å². The summed E-state index contributed by atoms with van der Waals surface area (Å²) < 4.78 is 59.8. The number of benzene rings is 2. The number of nitrogens with zero attached hydrogens (tertiary/aromatic N) is 3. The summed E-state index contributed by atoms with van der Waals surface area (Å²) in [5.74, 6) is -6.62. The van der Waals surface area contributed by atoms with Crippen LogP contribution in [-0.2, 0) is 14.2 Å². The third kappa shape index (κ3) is 4.26. The van der Waals surface area contributed by atoms with E-state index in [0.717, 1.165) is 16.8 Å². The number of carbonyl (C=O) groups is 1. The molecule has 2 N–H and O–H groups in total. The molecule has 0 amide bonds. The molecule has 5 unspecified atom stereocenters. The van der Waals surface area contributed by atoms with Crippen LogP contribution in [0.3, 0.4) is 0 Å². The maximum absolute atomic E-state index is 13.8. The molecule has 2 aliphatic rings. The number of aliphatic hydroxyl groups is 2. The lowest BCUT2D eigenvalue weighted by molar-refractivity contribution is -0.337. The molecular formula is C24H22F3N3O6. The first kappa shape index (κ1) is 24.4. The molecule has 5 rings (SSSR count). The second-order valence-corrected chi connectivity index (χ2v) is 8.61. The van der Waals surface area contributed by atoms with Crippen molar-refractivity contribution < 1.29 is 42.4 Å². The quantitative estimate of drug-likeness (QED) is 0.401. The van der Waals surface area contributed by atoms with Gasteiger partial charge in [-0.1, -0.05) is 23.4 Å². The van der Waals surface area contributed by atoms with Crippen molar-refractivity contribution in [2.45, 2.75) is 43.0 Å². The molecule has 0 aliphatic carbocycles. The highest BCUT2D eigenvalue weighted by atomic mass is 19.2. The van der Waals surface area contributed by atoms with Gasteiger partial charge in [-0.05, 0) is 30.7 Å². The summed E-state index contributed by atoms with van der Waals surface area (Å²) in [6.45, 7) is -0.283. The summed E-state index contributed by atoms with van der Waals surface area (Å²) in [5.41, 5.74) is 0.129. The zero-order chi connectivity index (χ0) is 25.4. The van der Waals surface area contributed by atoms with Gasteiger partial charge in [-0.15, -0.1) is 5.10 Å². The van der Waals surface area contributed by atoms with E-state index in [9.17, 15) is 28.2 Å². The van der Waals surface area contributed by atoms with Crippen LogP contribution in [0.5, 0.6) is 0 Å². The molecule has 3 heterocycles.